The SMILES string of the molecule is Oc1ccccc1-c1cnn(-c2ccccc2)c1CC1CCNC1. The van der Waals surface area contributed by atoms with Gasteiger partial charge in [-0.1, -0.05) is 36.4 Å². The molecule has 2 aromatic carbocycles. The molecule has 1 unspecified atom stereocenters. The predicted molar refractivity (Wildman–Crippen MR) is 95.3 cm³/mol. The van der Waals surface area contributed by atoms with E-state index in [1.54, 1.807) is 6.07 Å². The summed E-state index contributed by atoms with van der Waals surface area (Å²) >= 11 is 0. The zero-order valence-electron chi connectivity index (χ0n) is 13.5. The highest BCUT2D eigenvalue weighted by Crippen LogP contribution is 2.34. The summed E-state index contributed by atoms with van der Waals surface area (Å²) in [7, 11) is 0. The highest BCUT2D eigenvalue weighted by Gasteiger charge is 2.22. The molecule has 122 valence electrons. The van der Waals surface area contributed by atoms with E-state index in [0.29, 0.717) is 11.7 Å². The molecule has 4 heteroatoms. The molecule has 0 amide bonds. The number of benzene rings is 2. The lowest BCUT2D eigenvalue weighted by Gasteiger charge is -2.14. The number of para-hydroxylation sites is 2. The predicted octanol–water partition coefficient (Wildman–Crippen LogP) is 3.40. The molecule has 1 aliphatic heterocycles. The lowest BCUT2D eigenvalue weighted by atomic mass is 9.96. The van der Waals surface area contributed by atoms with Crippen LogP contribution >= 0.6 is 0 Å². The van der Waals surface area contributed by atoms with Gasteiger partial charge < -0.3 is 10.4 Å². The van der Waals surface area contributed by atoms with Crippen molar-refractivity contribution in [1.29, 1.82) is 0 Å². The fourth-order valence-corrected chi connectivity index (χ4v) is 3.45. The number of hydrogen-bond acceptors (Lipinski definition) is 3. The van der Waals surface area contributed by atoms with Crippen molar-refractivity contribution in [2.24, 2.45) is 5.92 Å². The number of rotatable bonds is 4. The summed E-state index contributed by atoms with van der Waals surface area (Å²) in [5, 5.41) is 18.3. The Bertz CT molecular complexity index is 820. The van der Waals surface area contributed by atoms with E-state index in [0.717, 1.165) is 42.0 Å². The van der Waals surface area contributed by atoms with E-state index >= 15 is 0 Å². The van der Waals surface area contributed by atoms with Crippen LogP contribution in [0.3, 0.4) is 0 Å². The highest BCUT2D eigenvalue weighted by molar-refractivity contribution is 5.72. The Hall–Kier alpha value is -2.59. The third-order valence-corrected chi connectivity index (χ3v) is 4.71. The number of hydrogen-bond donors (Lipinski definition) is 2. The Morgan fingerprint density at radius 3 is 2.58 bits per heavy atom. The molecule has 0 radical (unpaired) electrons. The maximum Gasteiger partial charge on any atom is 0.123 e. The molecule has 0 spiro atoms. The average molecular weight is 319 g/mol. The molecule has 4 nitrogen and oxygen atoms in total. The van der Waals surface area contributed by atoms with Crippen LogP contribution < -0.4 is 5.32 Å². The Kier molecular flexibility index (Phi) is 4.05. The summed E-state index contributed by atoms with van der Waals surface area (Å²) in [6.07, 6.45) is 4.01. The average Bonchev–Trinajstić information content (AvgIpc) is 3.27. The molecule has 2 heterocycles. The van der Waals surface area contributed by atoms with Gasteiger partial charge in [0.1, 0.15) is 5.75 Å². The molecule has 2 N–H and O–H groups in total. The lowest BCUT2D eigenvalue weighted by Crippen LogP contribution is -2.13. The van der Waals surface area contributed by atoms with Gasteiger partial charge in [-0.3, -0.25) is 0 Å². The largest absolute Gasteiger partial charge is 0.507 e. The normalized spacial score (nSPS) is 17.2. The molecular formula is C20H21N3O. The third-order valence-electron chi connectivity index (χ3n) is 4.71. The number of nitrogens with zero attached hydrogens (tertiary/aromatic N) is 2. The van der Waals surface area contributed by atoms with Crippen LogP contribution in [0, 0.1) is 5.92 Å². The van der Waals surface area contributed by atoms with Crippen molar-refractivity contribution in [3.05, 3.63) is 66.5 Å². The van der Waals surface area contributed by atoms with Gasteiger partial charge in [-0.25, -0.2) is 4.68 Å². The summed E-state index contributed by atoms with van der Waals surface area (Å²) in [4.78, 5) is 0. The van der Waals surface area contributed by atoms with Gasteiger partial charge in [0.05, 0.1) is 17.6 Å². The molecule has 24 heavy (non-hydrogen) atoms. The number of aromatic hydroxyl groups is 1. The Morgan fingerprint density at radius 1 is 1.04 bits per heavy atom. The standard InChI is InChI=1S/C20H21N3O/c24-20-9-5-4-8-17(20)18-14-22-23(16-6-2-1-3-7-16)19(18)12-15-10-11-21-13-15/h1-9,14-15,21,24H,10-13H2. The first-order valence-electron chi connectivity index (χ1n) is 8.44. The third kappa shape index (κ3) is 2.81. The van der Waals surface area contributed by atoms with E-state index in [4.69, 9.17) is 0 Å². The first-order valence-corrected chi connectivity index (χ1v) is 8.44. The van der Waals surface area contributed by atoms with Crippen molar-refractivity contribution in [2.75, 3.05) is 13.1 Å². The molecule has 1 atom stereocenters. The van der Waals surface area contributed by atoms with Gasteiger partial charge in [0.2, 0.25) is 0 Å². The summed E-state index contributed by atoms with van der Waals surface area (Å²) < 4.78 is 2.01. The Balaban J connectivity index is 1.81. The lowest BCUT2D eigenvalue weighted by molar-refractivity contribution is 0.477. The maximum atomic E-state index is 10.3. The molecule has 3 aromatic rings. The summed E-state index contributed by atoms with van der Waals surface area (Å²) in [5.41, 5.74) is 4.08. The molecule has 4 rings (SSSR count). The van der Waals surface area contributed by atoms with E-state index in [1.165, 1.54) is 6.42 Å². The zero-order chi connectivity index (χ0) is 16.4. The van der Waals surface area contributed by atoms with E-state index in [-0.39, 0.29) is 0 Å². The smallest absolute Gasteiger partial charge is 0.123 e. The van der Waals surface area contributed by atoms with Crippen LogP contribution in [0.15, 0.2) is 60.8 Å². The van der Waals surface area contributed by atoms with E-state index in [1.807, 2.05) is 47.3 Å². The van der Waals surface area contributed by atoms with E-state index in [2.05, 4.69) is 22.5 Å². The van der Waals surface area contributed by atoms with Gasteiger partial charge in [-0.05, 0) is 50.0 Å². The van der Waals surface area contributed by atoms with Crippen molar-refractivity contribution in [3.8, 4) is 22.6 Å². The van der Waals surface area contributed by atoms with Crippen molar-refractivity contribution in [1.82, 2.24) is 15.1 Å². The van der Waals surface area contributed by atoms with Crippen molar-refractivity contribution in [3.63, 3.8) is 0 Å². The van der Waals surface area contributed by atoms with E-state index in [9.17, 15) is 5.11 Å². The molecule has 0 aliphatic carbocycles. The number of aromatic nitrogens is 2. The fourth-order valence-electron chi connectivity index (χ4n) is 3.45. The fraction of sp³-hybridized carbons (Fsp3) is 0.250. The molecule has 1 saturated heterocycles. The van der Waals surface area contributed by atoms with Crippen LogP contribution in [0.5, 0.6) is 5.75 Å². The molecule has 0 bridgehead atoms. The van der Waals surface area contributed by atoms with Crippen LogP contribution in [-0.4, -0.2) is 28.0 Å². The van der Waals surface area contributed by atoms with Gasteiger partial charge in [0.25, 0.3) is 0 Å². The maximum absolute atomic E-state index is 10.3. The molecule has 1 fully saturated rings. The molecule has 1 aliphatic rings. The first-order chi connectivity index (χ1) is 11.8. The summed E-state index contributed by atoms with van der Waals surface area (Å²) in [6.45, 7) is 2.12. The Morgan fingerprint density at radius 2 is 1.83 bits per heavy atom. The molecule has 1 aromatic heterocycles. The van der Waals surface area contributed by atoms with Gasteiger partial charge >= 0.3 is 0 Å². The second-order valence-corrected chi connectivity index (χ2v) is 6.33. The van der Waals surface area contributed by atoms with Crippen LogP contribution in [0.4, 0.5) is 0 Å². The first kappa shape index (κ1) is 15.0. The highest BCUT2D eigenvalue weighted by atomic mass is 16.3. The molecular weight excluding hydrogens is 298 g/mol. The second-order valence-electron chi connectivity index (χ2n) is 6.33. The minimum absolute atomic E-state index is 0.302. The van der Waals surface area contributed by atoms with Crippen molar-refractivity contribution >= 4 is 0 Å². The van der Waals surface area contributed by atoms with Crippen molar-refractivity contribution < 1.29 is 5.11 Å². The van der Waals surface area contributed by atoms with Gasteiger partial charge in [-0.2, -0.15) is 5.10 Å². The quantitative estimate of drug-likeness (QED) is 0.775. The number of nitrogens with one attached hydrogen (secondary N) is 1. The monoisotopic (exact) mass is 319 g/mol. The summed E-state index contributed by atoms with van der Waals surface area (Å²) in [5.74, 6) is 0.907. The minimum Gasteiger partial charge on any atom is -0.507 e. The summed E-state index contributed by atoms with van der Waals surface area (Å²) in [6, 6.07) is 17.7. The van der Waals surface area contributed by atoms with Gasteiger partial charge in [-0.15, -0.1) is 0 Å². The van der Waals surface area contributed by atoms with Crippen LogP contribution in [-0.2, 0) is 6.42 Å². The van der Waals surface area contributed by atoms with Crippen LogP contribution in [0.2, 0.25) is 0 Å². The van der Waals surface area contributed by atoms with Gasteiger partial charge in [0.15, 0.2) is 0 Å². The zero-order valence-corrected chi connectivity index (χ0v) is 13.5. The topological polar surface area (TPSA) is 50.1 Å². The van der Waals surface area contributed by atoms with E-state index < -0.39 is 0 Å². The second kappa shape index (κ2) is 6.49. The van der Waals surface area contributed by atoms with Crippen molar-refractivity contribution in [2.45, 2.75) is 12.8 Å². The van der Waals surface area contributed by atoms with Crippen LogP contribution in [0.25, 0.3) is 16.8 Å². The van der Waals surface area contributed by atoms with Crippen LogP contribution in [0.1, 0.15) is 12.1 Å². The number of phenols is 1. The Labute approximate surface area is 141 Å². The van der Waals surface area contributed by atoms with Gasteiger partial charge in [0, 0.05) is 11.1 Å². The molecule has 0 saturated carbocycles. The minimum atomic E-state index is 0.302. The number of phenolic OH excluding ortho intramolecular Hbond substituents is 1.